The number of hydrogen-bond acceptors (Lipinski definition) is 17. The van der Waals surface area contributed by atoms with Crippen molar-refractivity contribution in [2.45, 2.75) is 157 Å². The van der Waals surface area contributed by atoms with Gasteiger partial charge in [0.2, 0.25) is 11.8 Å². The number of carbonyl (C=O) groups excluding carboxylic acids is 4. The molecule has 4 heterocycles. The van der Waals surface area contributed by atoms with E-state index in [4.69, 9.17) is 33.3 Å². The van der Waals surface area contributed by atoms with Gasteiger partial charge >= 0.3 is 11.9 Å². The number of ether oxygens (including phenoxy) is 6. The Hall–Kier alpha value is -3.60. The van der Waals surface area contributed by atoms with E-state index in [1.807, 2.05) is 24.3 Å². The van der Waals surface area contributed by atoms with E-state index in [0.29, 0.717) is 0 Å². The first-order valence-corrected chi connectivity index (χ1v) is 22.1. The van der Waals surface area contributed by atoms with E-state index in [2.05, 4.69) is 10.6 Å². The Labute approximate surface area is 365 Å². The summed E-state index contributed by atoms with van der Waals surface area (Å²) in [6, 6.07) is 5.55. The van der Waals surface area contributed by atoms with Gasteiger partial charge in [-0.25, -0.2) is 0 Å². The van der Waals surface area contributed by atoms with Crippen LogP contribution in [0, 0.1) is 17.3 Å². The molecule has 0 aromatic heterocycles. The molecule has 19 heteroatoms. The number of fused-ring (bicyclic) bond motifs is 4. The van der Waals surface area contributed by atoms with Gasteiger partial charge in [-0.15, -0.1) is 0 Å². The van der Waals surface area contributed by atoms with Crippen molar-refractivity contribution in [2.75, 3.05) is 26.4 Å². The lowest BCUT2D eigenvalue weighted by molar-refractivity contribution is -0.298. The summed E-state index contributed by atoms with van der Waals surface area (Å²) in [6.07, 6.45) is -2.39. The quantitative estimate of drug-likeness (QED) is 0.0936. The van der Waals surface area contributed by atoms with Gasteiger partial charge in [-0.2, -0.15) is 5.06 Å². The highest BCUT2D eigenvalue weighted by Crippen LogP contribution is 2.63. The number of nitrogens with one attached hydrogen (secondary N) is 2. The summed E-state index contributed by atoms with van der Waals surface area (Å²) < 4.78 is 36.1. The Morgan fingerprint density at radius 2 is 1.67 bits per heavy atom. The van der Waals surface area contributed by atoms with Gasteiger partial charge in [-0.05, 0) is 64.0 Å². The molecule has 7 N–H and O–H groups in total. The molecule has 1 aromatic rings. The van der Waals surface area contributed by atoms with E-state index in [-0.39, 0.29) is 63.8 Å². The van der Waals surface area contributed by atoms with Gasteiger partial charge in [0.25, 0.3) is 0 Å². The lowest BCUT2D eigenvalue weighted by Gasteiger charge is -2.48. The molecule has 2 amide bonds. The van der Waals surface area contributed by atoms with Crippen LogP contribution in [0.15, 0.2) is 30.3 Å². The number of hydroxylamine groups is 2. The second kappa shape index (κ2) is 18.4. The van der Waals surface area contributed by atoms with E-state index in [9.17, 15) is 44.7 Å². The van der Waals surface area contributed by atoms with Crippen LogP contribution in [0.5, 0.6) is 0 Å². The average Bonchev–Trinajstić information content (AvgIpc) is 4.20. The Bertz CT molecular complexity index is 1850. The lowest BCUT2D eigenvalue weighted by Crippen LogP contribution is -2.69. The van der Waals surface area contributed by atoms with Crippen LogP contribution in [-0.4, -0.2) is 159 Å². The second-order valence-electron chi connectivity index (χ2n) is 18.9. The minimum atomic E-state index is -1.54. The fourth-order valence-corrected chi connectivity index (χ4v) is 9.77. The molecule has 2 bridgehead atoms. The largest absolute Gasteiger partial charge is 0.460 e. The normalized spacial score (nSPS) is 35.2. The smallest absolute Gasteiger partial charge is 0.327 e. The number of hydrogen-bond donors (Lipinski definition) is 7. The van der Waals surface area contributed by atoms with E-state index >= 15 is 0 Å². The number of aliphatic hydroxyl groups is 5. The van der Waals surface area contributed by atoms with Crippen molar-refractivity contribution in [3.8, 4) is 0 Å². The topological polar surface area (TPSA) is 261 Å². The standard InChI is InChI=1S/C44H61N3O16/c1-42(2,3)60-31(51)15-14-27(21-48)46-30(50)16-17-45-41(56)43-19-28-35-36(62-44(61-35,25-10-11-25)26-12-13-26)38(43)63-47(37(43)39(55)58-28)20-24-8-6-23(7-9-24)5-4-18-57-40-34(54)33(53)32(52)29(22-49)59-40/h4-9,25-29,32-38,40,48-49,52-54H,10-22H2,1-3H3,(H,45,56)(H,46,50)/t27-,28+,29+,32-,33-,34+,35-,36-,37-,38+,40-,43-/m0/s1. The van der Waals surface area contributed by atoms with Gasteiger partial charge in [-0.1, -0.05) is 36.4 Å². The van der Waals surface area contributed by atoms with Crippen LogP contribution >= 0.6 is 0 Å². The third kappa shape index (κ3) is 9.42. The summed E-state index contributed by atoms with van der Waals surface area (Å²) in [6.45, 7) is 4.35. The Morgan fingerprint density at radius 3 is 2.32 bits per heavy atom. The fourth-order valence-electron chi connectivity index (χ4n) is 9.77. The van der Waals surface area contributed by atoms with Gasteiger partial charge < -0.3 is 64.6 Å². The van der Waals surface area contributed by atoms with Crippen molar-refractivity contribution < 1.29 is 78.0 Å². The summed E-state index contributed by atoms with van der Waals surface area (Å²) in [7, 11) is 0. The molecule has 3 aliphatic carbocycles. The minimum Gasteiger partial charge on any atom is -0.460 e. The summed E-state index contributed by atoms with van der Waals surface area (Å²) in [5, 5.41) is 56.7. The first kappa shape index (κ1) is 45.9. The molecule has 12 atom stereocenters. The zero-order valence-corrected chi connectivity index (χ0v) is 35.8. The van der Waals surface area contributed by atoms with Crippen LogP contribution in [0.2, 0.25) is 0 Å². The number of carbonyl (C=O) groups is 4. The Morgan fingerprint density at radius 1 is 0.968 bits per heavy atom. The molecule has 0 spiro atoms. The first-order chi connectivity index (χ1) is 30.1. The monoisotopic (exact) mass is 887 g/mol. The number of aliphatic hydroxyl groups excluding tert-OH is 5. The number of esters is 2. The van der Waals surface area contributed by atoms with Gasteiger partial charge in [0, 0.05) is 37.6 Å². The maximum atomic E-state index is 14.7. The Kier molecular flexibility index (Phi) is 13.4. The van der Waals surface area contributed by atoms with Crippen molar-refractivity contribution in [1.29, 1.82) is 0 Å². The maximum Gasteiger partial charge on any atom is 0.327 e. The van der Waals surface area contributed by atoms with Crippen LogP contribution in [0.1, 0.15) is 83.3 Å². The summed E-state index contributed by atoms with van der Waals surface area (Å²) in [5.41, 5.74) is -0.544. The zero-order chi connectivity index (χ0) is 44.8. The van der Waals surface area contributed by atoms with Crippen LogP contribution in [0.25, 0.3) is 6.08 Å². The number of benzene rings is 1. The molecule has 4 saturated heterocycles. The molecule has 8 rings (SSSR count). The van der Waals surface area contributed by atoms with E-state index in [1.54, 1.807) is 32.9 Å². The van der Waals surface area contributed by atoms with Crippen LogP contribution < -0.4 is 10.6 Å². The highest BCUT2D eigenvalue weighted by Gasteiger charge is 2.78. The van der Waals surface area contributed by atoms with E-state index in [0.717, 1.165) is 36.8 Å². The molecule has 63 heavy (non-hydrogen) atoms. The predicted octanol–water partition coefficient (Wildman–Crippen LogP) is -0.278. The summed E-state index contributed by atoms with van der Waals surface area (Å²) in [4.78, 5) is 60.7. The molecule has 348 valence electrons. The first-order valence-electron chi connectivity index (χ1n) is 22.1. The highest BCUT2D eigenvalue weighted by atomic mass is 16.8. The van der Waals surface area contributed by atoms with Crippen molar-refractivity contribution in [3.05, 3.63) is 41.5 Å². The van der Waals surface area contributed by atoms with Gasteiger partial charge in [0.05, 0.1) is 32.4 Å². The number of nitrogens with zero attached hydrogens (tertiary/aromatic N) is 1. The van der Waals surface area contributed by atoms with E-state index in [1.165, 1.54) is 5.06 Å². The molecular weight excluding hydrogens is 826 g/mol. The van der Waals surface area contributed by atoms with Gasteiger partial charge in [0.15, 0.2) is 18.1 Å². The lowest BCUT2D eigenvalue weighted by atomic mass is 9.62. The molecule has 7 fully saturated rings. The Balaban J connectivity index is 0.934. The third-order valence-electron chi connectivity index (χ3n) is 13.1. The number of amides is 2. The minimum absolute atomic E-state index is 0.00305. The molecule has 4 aliphatic heterocycles. The van der Waals surface area contributed by atoms with Crippen molar-refractivity contribution in [1.82, 2.24) is 15.7 Å². The SMILES string of the molecule is CC(C)(C)OC(=O)CC[C@@H](CO)NC(=O)CCNC(=O)[C@@]12C[C@H]3OC(=O)[C@@H]1N(Cc1ccc(C=CCO[C@H]4O[C@H](CO)[C@H](O)[C@H](O)[C@H]4O)cc1)O[C@@H]2[C@H]1OC(C2CC2)(C2CC2)O[C@H]13. The molecule has 1 aromatic carbocycles. The molecular formula is C44H61N3O16. The third-order valence-corrected chi connectivity index (χ3v) is 13.1. The molecule has 19 nitrogen and oxygen atoms in total. The van der Waals surface area contributed by atoms with Crippen LogP contribution in [0.4, 0.5) is 0 Å². The summed E-state index contributed by atoms with van der Waals surface area (Å²) in [5.74, 6) is -2.37. The average molecular weight is 888 g/mol. The number of rotatable bonds is 18. The van der Waals surface area contributed by atoms with Gasteiger partial charge in [-0.3, -0.25) is 24.0 Å². The van der Waals surface area contributed by atoms with Crippen LogP contribution in [-0.2, 0) is 59.0 Å². The van der Waals surface area contributed by atoms with Crippen molar-refractivity contribution in [2.24, 2.45) is 17.3 Å². The highest BCUT2D eigenvalue weighted by molar-refractivity contribution is 5.94. The van der Waals surface area contributed by atoms with E-state index < -0.39 is 114 Å². The molecule has 0 radical (unpaired) electrons. The molecule has 7 aliphatic rings. The molecule has 0 unspecified atom stereocenters. The molecule has 3 saturated carbocycles. The van der Waals surface area contributed by atoms with Gasteiger partial charge in [0.1, 0.15) is 59.8 Å². The predicted molar refractivity (Wildman–Crippen MR) is 216 cm³/mol. The van der Waals surface area contributed by atoms with Crippen molar-refractivity contribution >= 4 is 29.8 Å². The summed E-state index contributed by atoms with van der Waals surface area (Å²) >= 11 is 0. The van der Waals surface area contributed by atoms with Crippen molar-refractivity contribution in [3.63, 3.8) is 0 Å². The maximum absolute atomic E-state index is 14.7. The zero-order valence-electron chi connectivity index (χ0n) is 35.8. The van der Waals surface area contributed by atoms with Crippen LogP contribution in [0.3, 0.4) is 0 Å². The second-order valence-corrected chi connectivity index (χ2v) is 18.9. The fraction of sp³-hybridized carbons (Fsp3) is 0.727.